The Balaban J connectivity index is 0.00000144. The molecule has 0 heterocycles. The number of hydrogen-bond acceptors (Lipinski definition) is 4. The summed E-state index contributed by atoms with van der Waals surface area (Å²) in [5, 5.41) is 9.01. The molecule has 1 aromatic carbocycles. The molecule has 2 N–H and O–H groups in total. The van der Waals surface area contributed by atoms with E-state index in [0.717, 1.165) is 12.1 Å². The number of rotatable bonds is 1. The van der Waals surface area contributed by atoms with Crippen molar-refractivity contribution in [3.63, 3.8) is 0 Å². The fraction of sp³-hybridized carbons (Fsp3) is 0. The van der Waals surface area contributed by atoms with Crippen LogP contribution in [0.2, 0.25) is 0 Å². The quantitative estimate of drug-likeness (QED) is 0.403. The number of thiol groups is 1. The molecule has 4 nitrogen and oxygen atoms in total. The molecule has 0 aromatic heterocycles. The van der Waals surface area contributed by atoms with E-state index in [2.05, 4.69) is 12.6 Å². The molecule has 0 amide bonds. The molecule has 0 atom stereocenters. The summed E-state index contributed by atoms with van der Waals surface area (Å²) in [4.78, 5) is -0.0970. The van der Waals surface area contributed by atoms with Crippen molar-refractivity contribution in [2.24, 2.45) is 0 Å². The van der Waals surface area contributed by atoms with E-state index in [-0.39, 0.29) is 35.0 Å². The van der Waals surface area contributed by atoms with Gasteiger partial charge in [-0.1, -0.05) is 0 Å². The smallest absolute Gasteiger partial charge is 0.507 e. The van der Waals surface area contributed by atoms with Crippen LogP contribution in [0.3, 0.4) is 0 Å². The minimum atomic E-state index is -4.24. The van der Waals surface area contributed by atoms with Crippen LogP contribution in [0, 0.1) is 0 Å². The van der Waals surface area contributed by atoms with Crippen LogP contribution in [0.5, 0.6) is 5.75 Å². The number of benzene rings is 1. The van der Waals surface area contributed by atoms with Gasteiger partial charge in [-0.25, -0.2) is 0 Å². The first-order valence-electron chi connectivity index (χ1n) is 2.91. The van der Waals surface area contributed by atoms with Gasteiger partial charge in [-0.15, -0.1) is 12.6 Å². The summed E-state index contributed by atoms with van der Waals surface area (Å²) in [7, 11) is -4.24. The van der Waals surface area contributed by atoms with E-state index < -0.39 is 10.1 Å². The molecule has 0 fully saturated rings. The van der Waals surface area contributed by atoms with Gasteiger partial charge in [-0.3, -0.25) is 4.55 Å². The molecular formula is C6H6O4S2Zn+2. The molecule has 0 saturated carbocycles. The summed E-state index contributed by atoms with van der Waals surface area (Å²) < 4.78 is 29.6. The molecule has 0 saturated heterocycles. The maximum Gasteiger partial charge on any atom is 2.00 e. The molecule has 0 bridgehead atoms. The molecule has 66 valence electrons. The largest absolute Gasteiger partial charge is 2.00 e. The van der Waals surface area contributed by atoms with Crippen molar-refractivity contribution in [1.82, 2.24) is 0 Å². The number of aromatic hydroxyl groups is 1. The second-order valence-corrected chi connectivity index (χ2v) is 4.03. The zero-order valence-electron chi connectivity index (χ0n) is 6.51. The normalized spacial score (nSPS) is 10.6. The van der Waals surface area contributed by atoms with Gasteiger partial charge in [0, 0.05) is 11.0 Å². The van der Waals surface area contributed by atoms with Gasteiger partial charge in [0.05, 0.1) is 4.90 Å². The molecule has 0 spiro atoms. The first-order valence-corrected chi connectivity index (χ1v) is 4.79. The Labute approximate surface area is 93.9 Å². The van der Waals surface area contributed by atoms with E-state index in [4.69, 9.17) is 9.66 Å². The summed E-state index contributed by atoms with van der Waals surface area (Å²) in [6.07, 6.45) is 0. The average Bonchev–Trinajstić information content (AvgIpc) is 1.92. The van der Waals surface area contributed by atoms with Crippen molar-refractivity contribution in [3.05, 3.63) is 18.2 Å². The van der Waals surface area contributed by atoms with Crippen LogP contribution in [0.4, 0.5) is 0 Å². The van der Waals surface area contributed by atoms with Gasteiger partial charge in [0.1, 0.15) is 5.75 Å². The predicted octanol–water partition coefficient (Wildman–Crippen LogP) is 0.925. The molecule has 1 aromatic rings. The maximum absolute atomic E-state index is 10.5. The summed E-state index contributed by atoms with van der Waals surface area (Å²) >= 11 is 3.81. The molecular weight excluding hydrogens is 266 g/mol. The predicted molar refractivity (Wildman–Crippen MR) is 45.2 cm³/mol. The zero-order chi connectivity index (χ0) is 9.35. The minimum absolute atomic E-state index is 0. The molecule has 1 rings (SSSR count). The molecule has 0 aliphatic rings. The Bertz CT molecular complexity index is 401. The average molecular weight is 272 g/mol. The van der Waals surface area contributed by atoms with Crippen LogP contribution >= 0.6 is 12.6 Å². The van der Waals surface area contributed by atoms with Crippen LogP contribution < -0.4 is 0 Å². The second-order valence-electron chi connectivity index (χ2n) is 2.13. The molecule has 0 aliphatic carbocycles. The number of phenols is 1. The Morgan fingerprint density at radius 3 is 2.23 bits per heavy atom. The van der Waals surface area contributed by atoms with Crippen molar-refractivity contribution in [2.45, 2.75) is 9.79 Å². The van der Waals surface area contributed by atoms with Gasteiger partial charge in [0.2, 0.25) is 0 Å². The number of hydrogen-bond donors (Lipinski definition) is 3. The van der Waals surface area contributed by atoms with Crippen LogP contribution in [0.25, 0.3) is 0 Å². The summed E-state index contributed by atoms with van der Waals surface area (Å²) in [6.45, 7) is 0. The van der Waals surface area contributed by atoms with Gasteiger partial charge < -0.3 is 5.11 Å². The van der Waals surface area contributed by atoms with Gasteiger partial charge in [0.25, 0.3) is 10.1 Å². The Kier molecular flexibility index (Phi) is 4.38. The summed E-state index contributed by atoms with van der Waals surface area (Å²) in [6, 6.07) is 3.36. The maximum atomic E-state index is 10.5. The third-order valence-corrected chi connectivity index (χ3v) is 2.47. The zero-order valence-corrected chi connectivity index (χ0v) is 11.2. The summed E-state index contributed by atoms with van der Waals surface area (Å²) in [5.74, 6) is -0.284. The first-order chi connectivity index (χ1) is 5.41. The van der Waals surface area contributed by atoms with Crippen molar-refractivity contribution >= 4 is 22.7 Å². The van der Waals surface area contributed by atoms with Crippen molar-refractivity contribution in [1.29, 1.82) is 0 Å². The topological polar surface area (TPSA) is 74.6 Å². The monoisotopic (exact) mass is 270 g/mol. The Morgan fingerprint density at radius 1 is 1.31 bits per heavy atom. The Morgan fingerprint density at radius 2 is 1.85 bits per heavy atom. The van der Waals surface area contributed by atoms with Gasteiger partial charge in [-0.2, -0.15) is 8.42 Å². The number of phenolic OH excluding ortho intramolecular Hbond substituents is 1. The minimum Gasteiger partial charge on any atom is -0.507 e. The van der Waals surface area contributed by atoms with Crippen molar-refractivity contribution in [2.75, 3.05) is 0 Å². The third-order valence-electron chi connectivity index (χ3n) is 1.24. The van der Waals surface area contributed by atoms with E-state index in [0.29, 0.717) is 0 Å². The van der Waals surface area contributed by atoms with E-state index in [1.165, 1.54) is 6.07 Å². The molecule has 0 aliphatic heterocycles. The standard InChI is InChI=1S/C6H6O4S2.Zn/c7-5-3-4(12(8,9)10)1-2-6(5)11;/h1-3,7,11H,(H,8,9,10);/q;+2. The fourth-order valence-corrected chi connectivity index (χ4v) is 1.30. The van der Waals surface area contributed by atoms with Crippen molar-refractivity contribution < 1.29 is 37.6 Å². The first kappa shape index (κ1) is 12.9. The second kappa shape index (κ2) is 4.41. The van der Waals surface area contributed by atoms with Crippen LogP contribution in [0.1, 0.15) is 0 Å². The van der Waals surface area contributed by atoms with Crippen LogP contribution in [0.15, 0.2) is 28.0 Å². The molecule has 0 unspecified atom stereocenters. The van der Waals surface area contributed by atoms with E-state index in [1.807, 2.05) is 0 Å². The van der Waals surface area contributed by atoms with E-state index >= 15 is 0 Å². The molecule has 7 heteroatoms. The third kappa shape index (κ3) is 3.27. The SMILES string of the molecule is O=S(=O)(O)c1ccc(S)c(O)c1.[Zn+2]. The van der Waals surface area contributed by atoms with Gasteiger partial charge in [-0.05, 0) is 12.1 Å². The molecule has 13 heavy (non-hydrogen) atoms. The van der Waals surface area contributed by atoms with Crippen LogP contribution in [-0.2, 0) is 29.6 Å². The van der Waals surface area contributed by atoms with E-state index in [9.17, 15) is 8.42 Å². The Hall–Kier alpha value is -0.0966. The fourth-order valence-electron chi connectivity index (χ4n) is 0.664. The van der Waals surface area contributed by atoms with Crippen molar-refractivity contribution in [3.8, 4) is 5.75 Å². The molecule has 0 radical (unpaired) electrons. The van der Waals surface area contributed by atoms with Gasteiger partial charge in [0.15, 0.2) is 0 Å². The summed E-state index contributed by atoms with van der Waals surface area (Å²) in [5.41, 5.74) is 0. The van der Waals surface area contributed by atoms with Crippen LogP contribution in [-0.4, -0.2) is 18.1 Å². The van der Waals surface area contributed by atoms with Gasteiger partial charge >= 0.3 is 19.5 Å². The van der Waals surface area contributed by atoms with E-state index in [1.54, 1.807) is 0 Å².